The number of fused-ring (bicyclic) bond motifs is 2. The second kappa shape index (κ2) is 6.60. The number of piperidine rings is 1. The molecule has 0 radical (unpaired) electrons. The number of likely N-dealkylation sites (tertiary alicyclic amines) is 1. The third-order valence-electron chi connectivity index (χ3n) is 6.76. The van der Waals surface area contributed by atoms with E-state index in [1.54, 1.807) is 18.7 Å². The highest BCUT2D eigenvalue weighted by Crippen LogP contribution is 2.46. The van der Waals surface area contributed by atoms with Crippen LogP contribution in [0.3, 0.4) is 0 Å². The molecule has 2 bridgehead atoms. The van der Waals surface area contributed by atoms with E-state index in [9.17, 15) is 9.59 Å². The van der Waals surface area contributed by atoms with E-state index in [0.29, 0.717) is 12.0 Å². The largest absolute Gasteiger partial charge is 0.361 e. The van der Waals surface area contributed by atoms with Gasteiger partial charge in [-0.05, 0) is 63.2 Å². The summed E-state index contributed by atoms with van der Waals surface area (Å²) in [6.45, 7) is 5.34. The third-order valence-corrected chi connectivity index (χ3v) is 7.96. The Morgan fingerprint density at radius 1 is 1.28 bits per heavy atom. The Balaban J connectivity index is 1.31. The van der Waals surface area contributed by atoms with Gasteiger partial charge in [0.25, 0.3) is 5.91 Å². The van der Waals surface area contributed by atoms with Crippen molar-refractivity contribution in [2.75, 3.05) is 13.1 Å². The Morgan fingerprint density at radius 3 is 2.64 bits per heavy atom. The van der Waals surface area contributed by atoms with Gasteiger partial charge < -0.3 is 10.2 Å². The minimum atomic E-state index is -0.428. The molecule has 25 heavy (non-hydrogen) atoms. The van der Waals surface area contributed by atoms with E-state index in [4.69, 9.17) is 0 Å². The minimum absolute atomic E-state index is 0.0251. The van der Waals surface area contributed by atoms with Crippen LogP contribution in [-0.4, -0.2) is 45.8 Å². The van der Waals surface area contributed by atoms with Crippen LogP contribution in [0.5, 0.6) is 0 Å². The predicted octanol–water partition coefficient (Wildman–Crippen LogP) is 2.80. The molecule has 0 aromatic carbocycles. The Bertz CT molecular complexity index is 599. The van der Waals surface area contributed by atoms with Crippen LogP contribution in [0.25, 0.3) is 0 Å². The van der Waals surface area contributed by atoms with Crippen molar-refractivity contribution in [3.63, 3.8) is 0 Å². The van der Waals surface area contributed by atoms with E-state index in [1.165, 1.54) is 25.7 Å². The number of amides is 2. The summed E-state index contributed by atoms with van der Waals surface area (Å²) < 4.78 is -0.428. The molecule has 6 heteroatoms. The van der Waals surface area contributed by atoms with Gasteiger partial charge in [-0.15, -0.1) is 0 Å². The van der Waals surface area contributed by atoms with Gasteiger partial charge in [0.1, 0.15) is 4.75 Å². The minimum Gasteiger partial charge on any atom is -0.361 e. The van der Waals surface area contributed by atoms with Gasteiger partial charge in [0.15, 0.2) is 5.17 Å². The summed E-state index contributed by atoms with van der Waals surface area (Å²) in [5, 5.41) is 4.45. The summed E-state index contributed by atoms with van der Waals surface area (Å²) in [5.74, 6) is 2.37. The van der Waals surface area contributed by atoms with Crippen molar-refractivity contribution in [1.29, 1.82) is 0 Å². The molecule has 2 aliphatic heterocycles. The van der Waals surface area contributed by atoms with Gasteiger partial charge in [0.05, 0.1) is 0 Å². The highest BCUT2D eigenvalue weighted by Gasteiger charge is 2.45. The van der Waals surface area contributed by atoms with E-state index in [1.807, 2.05) is 4.90 Å². The van der Waals surface area contributed by atoms with Crippen LogP contribution < -0.4 is 5.32 Å². The molecule has 138 valence electrons. The second-order valence-corrected chi connectivity index (χ2v) is 10.1. The molecule has 0 aromatic rings. The molecule has 2 unspecified atom stereocenters. The highest BCUT2D eigenvalue weighted by atomic mass is 32.2. The molecule has 3 fully saturated rings. The summed E-state index contributed by atoms with van der Waals surface area (Å²) in [7, 11) is 0. The molecular weight excluding hydrogens is 334 g/mol. The quantitative estimate of drug-likeness (QED) is 0.837. The maximum Gasteiger partial charge on any atom is 0.264 e. The molecule has 4 rings (SSSR count). The van der Waals surface area contributed by atoms with E-state index in [0.717, 1.165) is 49.4 Å². The Labute approximate surface area is 154 Å². The maximum absolute atomic E-state index is 12.6. The summed E-state index contributed by atoms with van der Waals surface area (Å²) in [4.78, 5) is 30.3. The molecular formula is C19H29N3O2S. The smallest absolute Gasteiger partial charge is 0.264 e. The highest BCUT2D eigenvalue weighted by molar-refractivity contribution is 8.16. The summed E-state index contributed by atoms with van der Waals surface area (Å²) in [6, 6.07) is 0.527. The number of carbonyl (C=O) groups is 2. The van der Waals surface area contributed by atoms with Gasteiger partial charge in [-0.1, -0.05) is 18.2 Å². The van der Waals surface area contributed by atoms with Gasteiger partial charge in [-0.25, -0.2) is 0 Å². The monoisotopic (exact) mass is 363 g/mol. The predicted molar refractivity (Wildman–Crippen MR) is 100 cm³/mol. The van der Waals surface area contributed by atoms with Crippen LogP contribution in [0.1, 0.15) is 58.8 Å². The average Bonchev–Trinajstić information content (AvgIpc) is 3.24. The van der Waals surface area contributed by atoms with Crippen LogP contribution in [-0.2, 0) is 9.59 Å². The van der Waals surface area contributed by atoms with Crippen molar-refractivity contribution in [2.45, 2.75) is 69.6 Å². The third kappa shape index (κ3) is 3.46. The van der Waals surface area contributed by atoms with Crippen LogP contribution in [0, 0.1) is 17.8 Å². The van der Waals surface area contributed by atoms with Crippen molar-refractivity contribution in [2.24, 2.45) is 22.7 Å². The van der Waals surface area contributed by atoms with Gasteiger partial charge in [0, 0.05) is 26.1 Å². The Morgan fingerprint density at radius 2 is 2.04 bits per heavy atom. The lowest BCUT2D eigenvalue weighted by molar-refractivity contribution is -0.130. The molecule has 1 saturated heterocycles. The lowest BCUT2D eigenvalue weighted by atomic mass is 9.87. The molecule has 4 atom stereocenters. The average molecular weight is 364 g/mol. The van der Waals surface area contributed by atoms with Crippen LogP contribution in [0.4, 0.5) is 0 Å². The van der Waals surface area contributed by atoms with Crippen molar-refractivity contribution >= 4 is 28.7 Å². The number of hydrogen-bond donors (Lipinski definition) is 1. The number of rotatable bonds is 3. The number of nitrogens with zero attached hydrogens (tertiary/aromatic N) is 2. The second-order valence-electron chi connectivity index (χ2n) is 8.63. The van der Waals surface area contributed by atoms with Gasteiger partial charge >= 0.3 is 0 Å². The standard InChI is InChI=1S/C19H29N3O2S/c1-12(23)22-7-5-13(6-8-22)11-19(2)17(24)21-18(25-19)20-16-10-14-3-4-15(16)9-14/h13-16H,3-11H2,1-2H3,(H,20,21,24)/t14-,15?,16+,19?/m1/s1. The van der Waals surface area contributed by atoms with Crippen LogP contribution in [0.2, 0.25) is 0 Å². The molecule has 0 spiro atoms. The molecule has 2 heterocycles. The number of amidine groups is 1. The van der Waals surface area contributed by atoms with Gasteiger partial charge in [-0.2, -0.15) is 4.99 Å². The molecule has 2 saturated carbocycles. The van der Waals surface area contributed by atoms with Crippen molar-refractivity contribution in [3.8, 4) is 0 Å². The van der Waals surface area contributed by atoms with Crippen molar-refractivity contribution < 1.29 is 9.59 Å². The first-order valence-corrected chi connectivity index (χ1v) is 10.6. The topological polar surface area (TPSA) is 61.8 Å². The molecule has 0 aromatic heterocycles. The molecule has 2 aliphatic carbocycles. The first-order valence-electron chi connectivity index (χ1n) is 9.77. The summed E-state index contributed by atoms with van der Waals surface area (Å²) in [6.07, 6.45) is 8.19. The molecule has 1 N–H and O–H groups in total. The summed E-state index contributed by atoms with van der Waals surface area (Å²) >= 11 is 1.64. The molecule has 4 aliphatic rings. The molecule has 2 amide bonds. The van der Waals surface area contributed by atoms with Gasteiger partial charge in [0.2, 0.25) is 5.91 Å². The Hall–Kier alpha value is -1.04. The maximum atomic E-state index is 12.6. The zero-order chi connectivity index (χ0) is 17.6. The Kier molecular flexibility index (Phi) is 4.59. The molecule has 5 nitrogen and oxygen atoms in total. The summed E-state index contributed by atoms with van der Waals surface area (Å²) in [5.41, 5.74) is 0. The van der Waals surface area contributed by atoms with Gasteiger partial charge in [-0.3, -0.25) is 9.59 Å². The van der Waals surface area contributed by atoms with E-state index in [-0.39, 0.29) is 11.8 Å². The fourth-order valence-corrected chi connectivity index (χ4v) is 6.48. The fourth-order valence-electron chi connectivity index (χ4n) is 5.26. The lowest BCUT2D eigenvalue weighted by Gasteiger charge is -2.34. The number of thioether (sulfide) groups is 1. The normalized spacial score (nSPS) is 38.3. The SMILES string of the molecule is CC(=O)N1CCC(CC2(C)SC(N[C@H]3C[C@@H]4CCC3C4)=NC2=O)CC1. The number of carbonyl (C=O) groups excluding carboxylic acids is 2. The fraction of sp³-hybridized carbons (Fsp3) is 0.842. The first kappa shape index (κ1) is 17.4. The first-order chi connectivity index (χ1) is 11.9. The number of aliphatic imine (C=N–C) groups is 1. The number of nitrogens with one attached hydrogen (secondary N) is 1. The van der Waals surface area contributed by atoms with Crippen molar-refractivity contribution in [3.05, 3.63) is 0 Å². The van der Waals surface area contributed by atoms with E-state index >= 15 is 0 Å². The van der Waals surface area contributed by atoms with Crippen LogP contribution in [0.15, 0.2) is 4.99 Å². The van der Waals surface area contributed by atoms with E-state index in [2.05, 4.69) is 17.2 Å². The van der Waals surface area contributed by atoms with Crippen LogP contribution >= 0.6 is 11.8 Å². The van der Waals surface area contributed by atoms with Crippen molar-refractivity contribution in [1.82, 2.24) is 10.2 Å². The lowest BCUT2D eigenvalue weighted by Crippen LogP contribution is -2.40. The zero-order valence-corrected chi connectivity index (χ0v) is 16.1. The van der Waals surface area contributed by atoms with E-state index < -0.39 is 4.75 Å². The zero-order valence-electron chi connectivity index (χ0n) is 15.3. The number of hydrogen-bond acceptors (Lipinski definition) is 4.